The molecular formula is C42H55N7O3. The van der Waals surface area contributed by atoms with Crippen LogP contribution in [0.5, 0.6) is 0 Å². The number of anilines is 1. The molecule has 0 spiro atoms. The highest BCUT2D eigenvalue weighted by atomic mass is 16.5. The Hall–Kier alpha value is -4.28. The molecule has 10 heteroatoms. The predicted octanol–water partition coefficient (Wildman–Crippen LogP) is 6.18. The van der Waals surface area contributed by atoms with Gasteiger partial charge in [-0.15, -0.1) is 0 Å². The zero-order chi connectivity index (χ0) is 36.2. The highest BCUT2D eigenvalue weighted by Crippen LogP contribution is 2.46. The summed E-state index contributed by atoms with van der Waals surface area (Å²) in [6, 6.07) is 15.6. The third-order valence-electron chi connectivity index (χ3n) is 11.6. The van der Waals surface area contributed by atoms with E-state index in [0.29, 0.717) is 32.4 Å². The number of pyridine rings is 1. The SMILES string of the molecule is CCc1nc2c(cnn2CC)c(NC2CCOCC2)c1CNC(=O)C1(C(=O)NCc2ccc(C)c(-c3cccc(CC4CCN(C)CC4)c3)c2)CC1. The number of aryl methyl sites for hydroxylation is 3. The molecule has 2 saturated heterocycles. The van der Waals surface area contributed by atoms with Gasteiger partial charge in [0.2, 0.25) is 11.8 Å². The van der Waals surface area contributed by atoms with Gasteiger partial charge in [0.15, 0.2) is 5.65 Å². The van der Waals surface area contributed by atoms with E-state index in [1.165, 1.54) is 48.2 Å². The molecule has 3 aliphatic rings. The Balaban J connectivity index is 1.02. The normalized spacial score (nSPS) is 18.0. The Bertz CT molecular complexity index is 1900. The lowest BCUT2D eigenvalue weighted by molar-refractivity contribution is -0.137. The van der Waals surface area contributed by atoms with Crippen LogP contribution in [-0.4, -0.2) is 70.9 Å². The van der Waals surface area contributed by atoms with Crippen molar-refractivity contribution >= 4 is 28.5 Å². The van der Waals surface area contributed by atoms with Gasteiger partial charge in [-0.05, 0) is 125 Å². The average Bonchev–Trinajstić information content (AvgIpc) is 3.88. The molecular weight excluding hydrogens is 651 g/mol. The number of ether oxygens (including phenoxy) is 1. The summed E-state index contributed by atoms with van der Waals surface area (Å²) in [5.41, 5.74) is 8.68. The van der Waals surface area contributed by atoms with Crippen LogP contribution in [0.4, 0.5) is 5.69 Å². The largest absolute Gasteiger partial charge is 0.381 e. The number of benzene rings is 2. The Morgan fingerprint density at radius 1 is 0.942 bits per heavy atom. The number of piperidine rings is 1. The fourth-order valence-corrected chi connectivity index (χ4v) is 8.03. The van der Waals surface area contributed by atoms with Crippen LogP contribution in [0.1, 0.15) is 80.3 Å². The molecule has 0 unspecified atom stereocenters. The maximum Gasteiger partial charge on any atom is 0.235 e. The number of nitrogens with zero attached hydrogens (tertiary/aromatic N) is 4. The number of amides is 2. The van der Waals surface area contributed by atoms with Crippen LogP contribution in [0, 0.1) is 18.3 Å². The van der Waals surface area contributed by atoms with Crippen LogP contribution in [0.3, 0.4) is 0 Å². The van der Waals surface area contributed by atoms with Crippen molar-refractivity contribution in [2.75, 3.05) is 38.7 Å². The summed E-state index contributed by atoms with van der Waals surface area (Å²) in [6.07, 6.45) is 9.12. The van der Waals surface area contributed by atoms with Gasteiger partial charge in [0.1, 0.15) is 5.41 Å². The molecule has 0 radical (unpaired) electrons. The number of carbonyl (C=O) groups is 2. The zero-order valence-electron chi connectivity index (χ0n) is 31.4. The molecule has 1 saturated carbocycles. The molecule has 3 fully saturated rings. The summed E-state index contributed by atoms with van der Waals surface area (Å²) >= 11 is 0. The molecule has 4 heterocycles. The van der Waals surface area contributed by atoms with Crippen LogP contribution in [0.15, 0.2) is 48.7 Å². The van der Waals surface area contributed by atoms with E-state index in [1.54, 1.807) is 0 Å². The van der Waals surface area contributed by atoms with Crippen LogP contribution in [0.2, 0.25) is 0 Å². The van der Waals surface area contributed by atoms with Gasteiger partial charge in [0, 0.05) is 50.1 Å². The summed E-state index contributed by atoms with van der Waals surface area (Å²) in [4.78, 5) is 34.9. The van der Waals surface area contributed by atoms with Gasteiger partial charge < -0.3 is 25.6 Å². The van der Waals surface area contributed by atoms with Crippen molar-refractivity contribution in [3.63, 3.8) is 0 Å². The van der Waals surface area contributed by atoms with E-state index < -0.39 is 5.41 Å². The summed E-state index contributed by atoms with van der Waals surface area (Å²) in [7, 11) is 2.21. The molecule has 10 nitrogen and oxygen atoms in total. The average molecular weight is 706 g/mol. The highest BCUT2D eigenvalue weighted by molar-refractivity contribution is 6.08. The molecule has 1 aliphatic carbocycles. The number of rotatable bonds is 13. The van der Waals surface area contributed by atoms with Crippen molar-refractivity contribution in [1.29, 1.82) is 0 Å². The molecule has 2 aromatic heterocycles. The quantitative estimate of drug-likeness (QED) is 0.143. The van der Waals surface area contributed by atoms with Gasteiger partial charge in [-0.1, -0.05) is 43.3 Å². The van der Waals surface area contributed by atoms with Gasteiger partial charge in [-0.3, -0.25) is 9.59 Å². The maximum atomic E-state index is 13.8. The topological polar surface area (TPSA) is 113 Å². The second-order valence-corrected chi connectivity index (χ2v) is 15.2. The molecule has 7 rings (SSSR count). The number of likely N-dealkylation sites (tertiary alicyclic amines) is 1. The molecule has 0 atom stereocenters. The van der Waals surface area contributed by atoms with Gasteiger partial charge in [0.05, 0.1) is 17.3 Å². The maximum absolute atomic E-state index is 13.8. The highest BCUT2D eigenvalue weighted by Gasteiger charge is 2.56. The minimum atomic E-state index is -1.04. The Morgan fingerprint density at radius 3 is 2.40 bits per heavy atom. The minimum Gasteiger partial charge on any atom is -0.381 e. The molecule has 0 bridgehead atoms. The van der Waals surface area contributed by atoms with Crippen molar-refractivity contribution in [2.45, 2.75) is 97.8 Å². The third kappa shape index (κ3) is 7.74. The van der Waals surface area contributed by atoms with Gasteiger partial charge in [-0.25, -0.2) is 9.67 Å². The third-order valence-corrected chi connectivity index (χ3v) is 11.6. The first kappa shape index (κ1) is 36.1. The molecule has 4 aromatic rings. The van der Waals surface area contributed by atoms with E-state index in [1.807, 2.05) is 10.9 Å². The monoisotopic (exact) mass is 705 g/mol. The van der Waals surface area contributed by atoms with Crippen molar-refractivity contribution in [3.05, 3.63) is 76.6 Å². The predicted molar refractivity (Wildman–Crippen MR) is 206 cm³/mol. The molecule has 276 valence electrons. The first-order valence-corrected chi connectivity index (χ1v) is 19.4. The van der Waals surface area contributed by atoms with E-state index in [-0.39, 0.29) is 17.9 Å². The van der Waals surface area contributed by atoms with Crippen molar-refractivity contribution in [1.82, 2.24) is 30.3 Å². The van der Waals surface area contributed by atoms with E-state index >= 15 is 0 Å². The fraction of sp³-hybridized carbons (Fsp3) is 0.524. The van der Waals surface area contributed by atoms with E-state index in [2.05, 4.69) is 96.2 Å². The first-order valence-electron chi connectivity index (χ1n) is 19.4. The summed E-state index contributed by atoms with van der Waals surface area (Å²) in [6.45, 7) is 11.5. The number of aromatic nitrogens is 3. The van der Waals surface area contributed by atoms with Crippen molar-refractivity contribution in [3.8, 4) is 11.1 Å². The molecule has 2 aliphatic heterocycles. The van der Waals surface area contributed by atoms with Gasteiger partial charge >= 0.3 is 0 Å². The summed E-state index contributed by atoms with van der Waals surface area (Å²) in [5, 5.41) is 15.6. The fourth-order valence-electron chi connectivity index (χ4n) is 8.03. The van der Waals surface area contributed by atoms with Crippen molar-refractivity contribution < 1.29 is 14.3 Å². The second-order valence-electron chi connectivity index (χ2n) is 15.2. The number of nitrogens with one attached hydrogen (secondary N) is 3. The minimum absolute atomic E-state index is 0.207. The molecule has 52 heavy (non-hydrogen) atoms. The van der Waals surface area contributed by atoms with Crippen LogP contribution in [-0.2, 0) is 46.8 Å². The molecule has 2 aromatic carbocycles. The number of hydrogen-bond donors (Lipinski definition) is 3. The summed E-state index contributed by atoms with van der Waals surface area (Å²) in [5.74, 6) is 0.303. The van der Waals surface area contributed by atoms with E-state index in [0.717, 1.165) is 78.5 Å². The number of hydrogen-bond acceptors (Lipinski definition) is 7. The molecule has 3 N–H and O–H groups in total. The lowest BCUT2D eigenvalue weighted by atomic mass is 9.89. The van der Waals surface area contributed by atoms with Crippen LogP contribution in [0.25, 0.3) is 22.2 Å². The van der Waals surface area contributed by atoms with Crippen LogP contribution < -0.4 is 16.0 Å². The number of carbonyl (C=O) groups excluding carboxylic acids is 2. The smallest absolute Gasteiger partial charge is 0.235 e. The van der Waals surface area contributed by atoms with Crippen molar-refractivity contribution in [2.24, 2.45) is 11.3 Å². The van der Waals surface area contributed by atoms with E-state index in [9.17, 15) is 9.59 Å². The zero-order valence-corrected chi connectivity index (χ0v) is 31.4. The number of fused-ring (bicyclic) bond motifs is 1. The van der Waals surface area contributed by atoms with Gasteiger partial charge in [0.25, 0.3) is 0 Å². The Morgan fingerprint density at radius 2 is 1.69 bits per heavy atom. The Kier molecular flexibility index (Phi) is 10.9. The van der Waals surface area contributed by atoms with E-state index in [4.69, 9.17) is 9.72 Å². The first-order chi connectivity index (χ1) is 25.3. The Labute approximate surface area is 308 Å². The van der Waals surface area contributed by atoms with Gasteiger partial charge in [-0.2, -0.15) is 5.10 Å². The van der Waals surface area contributed by atoms with Crippen LogP contribution >= 0.6 is 0 Å². The second kappa shape index (κ2) is 15.8. The lowest BCUT2D eigenvalue weighted by Gasteiger charge is -2.29. The molecule has 2 amide bonds. The lowest BCUT2D eigenvalue weighted by Crippen LogP contribution is -2.42. The standard InChI is InChI=1S/C42H55N7O3/c1-5-37-35(38(46-33-14-20-52-21-15-33)36-27-45-49(6-2)39(36)47-37)26-44-41(51)42(16-17-42)40(50)43-25-31-11-10-28(3)34(24-31)32-9-7-8-30(23-32)22-29-12-18-48(4)19-13-29/h7-11,23-24,27,29,33H,5-6,12-22,25-26H2,1-4H3,(H,43,50)(H,44,51)(H,46,47). The summed E-state index contributed by atoms with van der Waals surface area (Å²) < 4.78 is 7.53.